The van der Waals surface area contributed by atoms with Crippen LogP contribution < -0.4 is 10.6 Å². The van der Waals surface area contributed by atoms with Gasteiger partial charge in [-0.2, -0.15) is 13.2 Å². The van der Waals surface area contributed by atoms with Crippen molar-refractivity contribution in [2.45, 2.75) is 19.6 Å². The number of rotatable bonds is 10. The maximum Gasteiger partial charge on any atom is 0.471 e. The van der Waals surface area contributed by atoms with Gasteiger partial charge in [0.2, 0.25) is 0 Å². The van der Waals surface area contributed by atoms with Crippen molar-refractivity contribution in [2.24, 2.45) is 0 Å². The maximum absolute atomic E-state index is 12.7. The number of nitrogens with one attached hydrogen (secondary N) is 2. The monoisotopic (exact) mass is 468 g/mol. The van der Waals surface area contributed by atoms with Crippen molar-refractivity contribution >= 4 is 28.9 Å². The molecule has 0 aliphatic carbocycles. The second-order valence-corrected chi connectivity index (χ2v) is 6.88. The zero-order chi connectivity index (χ0) is 24.6. The Bertz CT molecular complexity index is 1010. The normalized spacial score (nSPS) is 11.1. The van der Waals surface area contributed by atoms with Gasteiger partial charge in [-0.1, -0.05) is 12.1 Å². The molecule has 2 amide bonds. The van der Waals surface area contributed by atoms with Gasteiger partial charge in [0.25, 0.3) is 11.6 Å². The Kier molecular flexibility index (Phi) is 8.74. The Morgan fingerprint density at radius 3 is 2.52 bits per heavy atom. The van der Waals surface area contributed by atoms with E-state index in [4.69, 9.17) is 4.74 Å². The summed E-state index contributed by atoms with van der Waals surface area (Å²) in [6.45, 7) is 1.65. The number of anilines is 2. The lowest BCUT2D eigenvalue weighted by Gasteiger charge is -2.22. The third kappa shape index (κ3) is 7.17. The molecule has 0 unspecified atom stereocenters. The van der Waals surface area contributed by atoms with Gasteiger partial charge in [0.05, 0.1) is 11.5 Å². The Labute approximate surface area is 187 Å². The molecule has 0 heterocycles. The van der Waals surface area contributed by atoms with E-state index in [-0.39, 0.29) is 35.7 Å². The highest BCUT2D eigenvalue weighted by atomic mass is 19.4. The highest BCUT2D eigenvalue weighted by Crippen LogP contribution is 2.26. The molecule has 9 nitrogen and oxygen atoms in total. The van der Waals surface area contributed by atoms with Crippen molar-refractivity contribution in [3.63, 3.8) is 0 Å². The molecule has 33 heavy (non-hydrogen) atoms. The third-order valence-corrected chi connectivity index (χ3v) is 4.55. The summed E-state index contributed by atoms with van der Waals surface area (Å²) in [5.74, 6) is -2.59. The molecule has 2 aromatic carbocycles. The van der Waals surface area contributed by atoms with Gasteiger partial charge in [0.1, 0.15) is 5.69 Å². The lowest BCUT2D eigenvalue weighted by Crippen LogP contribution is -2.40. The van der Waals surface area contributed by atoms with Gasteiger partial charge >= 0.3 is 12.1 Å². The number of ether oxygens (including phenoxy) is 1. The molecule has 2 rings (SSSR count). The molecule has 2 N–H and O–H groups in total. The van der Waals surface area contributed by atoms with Gasteiger partial charge < -0.3 is 20.3 Å². The molecule has 0 radical (unpaired) electrons. The van der Waals surface area contributed by atoms with E-state index in [9.17, 15) is 32.9 Å². The average molecular weight is 468 g/mol. The molecular weight excluding hydrogens is 445 g/mol. The molecule has 0 aliphatic heterocycles. The van der Waals surface area contributed by atoms with Crippen LogP contribution in [0, 0.1) is 10.1 Å². The predicted molar refractivity (Wildman–Crippen MR) is 115 cm³/mol. The molecular formula is C21H23F3N4O5. The summed E-state index contributed by atoms with van der Waals surface area (Å²) in [4.78, 5) is 35.5. The van der Waals surface area contributed by atoms with Gasteiger partial charge in [0, 0.05) is 44.1 Å². The number of hydrogen-bond acceptors (Lipinski definition) is 6. The molecule has 0 spiro atoms. The highest BCUT2D eigenvalue weighted by Gasteiger charge is 2.41. The van der Waals surface area contributed by atoms with Gasteiger partial charge in [-0.25, -0.2) is 0 Å². The highest BCUT2D eigenvalue weighted by molar-refractivity contribution is 6.05. The minimum absolute atomic E-state index is 0.0202. The van der Waals surface area contributed by atoms with Crippen LogP contribution in [0.3, 0.4) is 0 Å². The van der Waals surface area contributed by atoms with Crippen LogP contribution in [0.1, 0.15) is 22.8 Å². The molecule has 0 aliphatic rings. The van der Waals surface area contributed by atoms with Crippen LogP contribution in [0.25, 0.3) is 0 Å². The molecule has 0 atom stereocenters. The van der Waals surface area contributed by atoms with E-state index in [2.05, 4.69) is 10.6 Å². The molecule has 0 aromatic heterocycles. The first kappa shape index (κ1) is 25.6. The predicted octanol–water partition coefficient (Wildman–Crippen LogP) is 3.82. The van der Waals surface area contributed by atoms with Crippen LogP contribution >= 0.6 is 0 Å². The van der Waals surface area contributed by atoms with Crippen molar-refractivity contribution in [3.05, 3.63) is 63.7 Å². The lowest BCUT2D eigenvalue weighted by molar-refractivity contribution is -0.384. The number of hydrogen-bond donors (Lipinski definition) is 2. The zero-order valence-corrected chi connectivity index (χ0v) is 17.9. The summed E-state index contributed by atoms with van der Waals surface area (Å²) < 4.78 is 43.1. The first-order valence-corrected chi connectivity index (χ1v) is 9.84. The van der Waals surface area contributed by atoms with Crippen molar-refractivity contribution in [3.8, 4) is 0 Å². The molecule has 0 bridgehead atoms. The second kappa shape index (κ2) is 11.3. The van der Waals surface area contributed by atoms with Crippen LogP contribution in [0.15, 0.2) is 42.5 Å². The van der Waals surface area contributed by atoms with Gasteiger partial charge in [-0.05, 0) is 36.8 Å². The fourth-order valence-electron chi connectivity index (χ4n) is 2.94. The van der Waals surface area contributed by atoms with E-state index < -0.39 is 22.9 Å². The van der Waals surface area contributed by atoms with Crippen LogP contribution in [-0.2, 0) is 16.1 Å². The van der Waals surface area contributed by atoms with Crippen molar-refractivity contribution < 1.29 is 32.4 Å². The topological polar surface area (TPSA) is 114 Å². The first-order chi connectivity index (χ1) is 15.6. The van der Waals surface area contributed by atoms with Gasteiger partial charge in [-0.3, -0.25) is 19.7 Å². The summed E-state index contributed by atoms with van der Waals surface area (Å²) in [5, 5.41) is 16.8. The summed E-state index contributed by atoms with van der Waals surface area (Å²) in [6.07, 6.45) is -4.98. The Morgan fingerprint density at radius 2 is 1.91 bits per heavy atom. The molecule has 0 fully saturated rings. The number of amides is 2. The fraction of sp³-hybridized carbons (Fsp3) is 0.333. The number of benzene rings is 2. The minimum Gasteiger partial charge on any atom is -0.383 e. The number of nitro groups is 1. The molecule has 0 saturated carbocycles. The van der Waals surface area contributed by atoms with Crippen molar-refractivity contribution in [2.75, 3.05) is 37.4 Å². The van der Waals surface area contributed by atoms with E-state index in [0.717, 1.165) is 6.07 Å². The summed E-state index contributed by atoms with van der Waals surface area (Å²) in [7, 11) is 1.49. The number of carbonyl (C=O) groups is 2. The van der Waals surface area contributed by atoms with E-state index in [1.165, 1.54) is 50.4 Å². The van der Waals surface area contributed by atoms with Crippen LogP contribution in [0.4, 0.5) is 30.2 Å². The summed E-state index contributed by atoms with van der Waals surface area (Å²) in [6, 6.07) is 9.91. The van der Waals surface area contributed by atoms with Crippen LogP contribution in [0.5, 0.6) is 0 Å². The number of alkyl halides is 3. The number of nitro benzene ring substituents is 1. The quantitative estimate of drug-likeness (QED) is 0.311. The van der Waals surface area contributed by atoms with E-state index in [0.29, 0.717) is 23.6 Å². The number of halogens is 3. The van der Waals surface area contributed by atoms with E-state index >= 15 is 0 Å². The smallest absolute Gasteiger partial charge is 0.383 e. The second-order valence-electron chi connectivity index (χ2n) is 6.88. The molecule has 178 valence electrons. The lowest BCUT2D eigenvalue weighted by atomic mass is 10.1. The molecule has 2 aromatic rings. The Balaban J connectivity index is 2.16. The molecule has 0 saturated heterocycles. The number of methoxy groups -OCH3 is 1. The zero-order valence-electron chi connectivity index (χ0n) is 17.9. The summed E-state index contributed by atoms with van der Waals surface area (Å²) in [5.41, 5.74) is 0.585. The van der Waals surface area contributed by atoms with Crippen molar-refractivity contribution in [1.29, 1.82) is 0 Å². The maximum atomic E-state index is 12.7. The molecule has 12 heteroatoms. The standard InChI is InChI=1S/C21H23F3N4O5/c1-3-27(20(30)21(22,23)24)13-14-5-4-6-16(11-14)26-19(29)15-7-8-17(25-9-10-33-2)18(12-15)28(31)32/h4-8,11-12,25H,3,9-10,13H2,1-2H3,(H,26,29). The number of carbonyl (C=O) groups excluding carboxylic acids is 2. The average Bonchev–Trinajstić information content (AvgIpc) is 2.76. The van der Waals surface area contributed by atoms with Gasteiger partial charge in [-0.15, -0.1) is 0 Å². The summed E-state index contributed by atoms with van der Waals surface area (Å²) >= 11 is 0. The van der Waals surface area contributed by atoms with Crippen molar-refractivity contribution in [1.82, 2.24) is 4.90 Å². The Morgan fingerprint density at radius 1 is 1.18 bits per heavy atom. The first-order valence-electron chi connectivity index (χ1n) is 9.84. The number of nitrogens with zero attached hydrogens (tertiary/aromatic N) is 2. The van der Waals surface area contributed by atoms with E-state index in [1.54, 1.807) is 0 Å². The van der Waals surface area contributed by atoms with Crippen LogP contribution in [0.2, 0.25) is 0 Å². The SMILES string of the molecule is CCN(Cc1cccc(NC(=O)c2ccc(NCCOC)c([N+](=O)[O-])c2)c1)C(=O)C(F)(F)F. The fourth-order valence-corrected chi connectivity index (χ4v) is 2.94. The Hall–Kier alpha value is -3.67. The van der Waals surface area contributed by atoms with E-state index in [1.807, 2.05) is 0 Å². The largest absolute Gasteiger partial charge is 0.471 e. The van der Waals surface area contributed by atoms with Crippen LogP contribution in [-0.4, -0.2) is 54.6 Å². The minimum atomic E-state index is -4.98. The third-order valence-electron chi connectivity index (χ3n) is 4.55. The van der Waals surface area contributed by atoms with Gasteiger partial charge in [0.15, 0.2) is 0 Å².